The highest BCUT2D eigenvalue weighted by atomic mass is 127. The molecule has 92 valence electrons. The number of ether oxygens (including phenoxy) is 2. The molecule has 4 nitrogen and oxygen atoms in total. The lowest BCUT2D eigenvalue weighted by Gasteiger charge is -2.23. The van der Waals surface area contributed by atoms with Crippen molar-refractivity contribution < 1.29 is 14.3 Å². The van der Waals surface area contributed by atoms with Crippen LogP contribution in [0.1, 0.15) is 10.4 Å². The minimum Gasteiger partial charge on any atom is -0.376 e. The Morgan fingerprint density at radius 1 is 1.47 bits per heavy atom. The number of halogens is 1. The molecule has 5 heteroatoms. The fourth-order valence-electron chi connectivity index (χ4n) is 1.59. The molecule has 17 heavy (non-hydrogen) atoms. The summed E-state index contributed by atoms with van der Waals surface area (Å²) < 4.78 is 11.8. The maximum atomic E-state index is 11.8. The third-order valence-electron chi connectivity index (χ3n) is 2.46. The predicted molar refractivity (Wildman–Crippen MR) is 72.1 cm³/mol. The molecule has 2 rings (SSSR count). The number of benzene rings is 1. The first-order valence-electron chi connectivity index (χ1n) is 5.49. The summed E-state index contributed by atoms with van der Waals surface area (Å²) in [5.74, 6) is -0.0716. The molecule has 1 atom stereocenters. The minimum absolute atomic E-state index is 0.0320. The van der Waals surface area contributed by atoms with Crippen molar-refractivity contribution in [1.29, 1.82) is 0 Å². The van der Waals surface area contributed by atoms with Crippen molar-refractivity contribution in [1.82, 2.24) is 5.32 Å². The van der Waals surface area contributed by atoms with Crippen molar-refractivity contribution in [2.75, 3.05) is 26.4 Å². The van der Waals surface area contributed by atoms with Crippen molar-refractivity contribution in [3.63, 3.8) is 0 Å². The maximum absolute atomic E-state index is 11.8. The normalized spacial score (nSPS) is 19.9. The molecule has 1 aliphatic rings. The van der Waals surface area contributed by atoms with E-state index in [9.17, 15) is 4.79 Å². The van der Waals surface area contributed by atoms with Gasteiger partial charge in [0.05, 0.1) is 25.9 Å². The highest BCUT2D eigenvalue weighted by Gasteiger charge is 2.15. The lowest BCUT2D eigenvalue weighted by Crippen LogP contribution is -2.39. The molecule has 1 fully saturated rings. The van der Waals surface area contributed by atoms with Gasteiger partial charge in [0, 0.05) is 15.7 Å². The van der Waals surface area contributed by atoms with E-state index in [4.69, 9.17) is 9.47 Å². The van der Waals surface area contributed by atoms with E-state index in [1.807, 2.05) is 18.2 Å². The van der Waals surface area contributed by atoms with Gasteiger partial charge in [-0.05, 0) is 40.8 Å². The van der Waals surface area contributed by atoms with E-state index in [1.165, 1.54) is 0 Å². The Morgan fingerprint density at radius 2 is 2.35 bits per heavy atom. The van der Waals surface area contributed by atoms with Gasteiger partial charge < -0.3 is 14.8 Å². The largest absolute Gasteiger partial charge is 0.376 e. The maximum Gasteiger partial charge on any atom is 0.251 e. The first-order chi connectivity index (χ1) is 8.25. The first kappa shape index (κ1) is 12.8. The first-order valence-corrected chi connectivity index (χ1v) is 6.57. The fourth-order valence-corrected chi connectivity index (χ4v) is 2.14. The molecule has 1 saturated heterocycles. The van der Waals surface area contributed by atoms with E-state index in [0.717, 1.165) is 3.57 Å². The second-order valence-corrected chi connectivity index (χ2v) is 5.03. The van der Waals surface area contributed by atoms with Crippen LogP contribution in [0.25, 0.3) is 0 Å². The van der Waals surface area contributed by atoms with Crippen molar-refractivity contribution >= 4 is 28.5 Å². The van der Waals surface area contributed by atoms with Crippen LogP contribution in [0.5, 0.6) is 0 Å². The molecule has 0 aliphatic carbocycles. The summed E-state index contributed by atoms with van der Waals surface area (Å²) in [5.41, 5.74) is 0.675. The third-order valence-corrected chi connectivity index (χ3v) is 3.13. The van der Waals surface area contributed by atoms with E-state index in [2.05, 4.69) is 27.9 Å². The molecule has 0 aromatic heterocycles. The molecule has 1 N–H and O–H groups in total. The van der Waals surface area contributed by atoms with Gasteiger partial charge in [0.1, 0.15) is 0 Å². The van der Waals surface area contributed by atoms with Crippen LogP contribution >= 0.6 is 22.6 Å². The second-order valence-electron chi connectivity index (χ2n) is 3.79. The summed E-state index contributed by atoms with van der Waals surface area (Å²) in [6, 6.07) is 7.48. The summed E-state index contributed by atoms with van der Waals surface area (Å²) in [6.45, 7) is 2.28. The highest BCUT2D eigenvalue weighted by molar-refractivity contribution is 14.1. The molecule has 1 amide bonds. The Morgan fingerprint density at radius 3 is 3.06 bits per heavy atom. The number of carbonyl (C=O) groups is 1. The molecular formula is C12H14INO3. The van der Waals surface area contributed by atoms with Gasteiger partial charge in [-0.2, -0.15) is 0 Å². The fraction of sp³-hybridized carbons (Fsp3) is 0.417. The van der Waals surface area contributed by atoms with Gasteiger partial charge in [0.25, 0.3) is 5.91 Å². The molecule has 1 aliphatic heterocycles. The smallest absolute Gasteiger partial charge is 0.251 e. The van der Waals surface area contributed by atoms with Crippen LogP contribution in [0.3, 0.4) is 0 Å². The van der Waals surface area contributed by atoms with Crippen LogP contribution in [-0.4, -0.2) is 38.4 Å². The van der Waals surface area contributed by atoms with Crippen LogP contribution < -0.4 is 5.32 Å². The zero-order chi connectivity index (χ0) is 12.1. The van der Waals surface area contributed by atoms with Crippen molar-refractivity contribution in [2.24, 2.45) is 0 Å². The number of hydrogen-bond acceptors (Lipinski definition) is 3. The Balaban J connectivity index is 1.84. The van der Waals surface area contributed by atoms with Crippen molar-refractivity contribution in [3.05, 3.63) is 33.4 Å². The molecular weight excluding hydrogens is 333 g/mol. The lowest BCUT2D eigenvalue weighted by molar-refractivity contribution is -0.0855. The average Bonchev–Trinajstić information content (AvgIpc) is 2.37. The summed E-state index contributed by atoms with van der Waals surface area (Å²) in [6.07, 6.45) is -0.0320. The monoisotopic (exact) mass is 347 g/mol. The van der Waals surface area contributed by atoms with Crippen LogP contribution in [-0.2, 0) is 9.47 Å². The number of rotatable bonds is 3. The number of hydrogen-bond donors (Lipinski definition) is 1. The zero-order valence-electron chi connectivity index (χ0n) is 9.32. The van der Waals surface area contributed by atoms with Gasteiger partial charge in [-0.15, -0.1) is 0 Å². The lowest BCUT2D eigenvalue weighted by atomic mass is 10.2. The summed E-state index contributed by atoms with van der Waals surface area (Å²) in [5, 5.41) is 2.85. The van der Waals surface area contributed by atoms with Crippen LogP contribution in [0.2, 0.25) is 0 Å². The quantitative estimate of drug-likeness (QED) is 0.842. The van der Waals surface area contributed by atoms with E-state index in [0.29, 0.717) is 31.9 Å². The van der Waals surface area contributed by atoms with Gasteiger partial charge in [0.15, 0.2) is 0 Å². The Labute approximate surface area is 114 Å². The molecule has 1 unspecified atom stereocenters. The summed E-state index contributed by atoms with van der Waals surface area (Å²) in [4.78, 5) is 11.8. The number of nitrogens with one attached hydrogen (secondary N) is 1. The van der Waals surface area contributed by atoms with Crippen LogP contribution in [0.15, 0.2) is 24.3 Å². The summed E-state index contributed by atoms with van der Waals surface area (Å²) in [7, 11) is 0. The van der Waals surface area contributed by atoms with E-state index in [-0.39, 0.29) is 12.0 Å². The third kappa shape index (κ3) is 3.93. The van der Waals surface area contributed by atoms with E-state index in [1.54, 1.807) is 6.07 Å². The van der Waals surface area contributed by atoms with Crippen molar-refractivity contribution in [3.8, 4) is 0 Å². The van der Waals surface area contributed by atoms with Gasteiger partial charge in [-0.1, -0.05) is 6.07 Å². The van der Waals surface area contributed by atoms with Gasteiger partial charge in [-0.3, -0.25) is 4.79 Å². The Bertz CT molecular complexity index is 391. The molecule has 0 spiro atoms. The predicted octanol–water partition coefficient (Wildman–Crippen LogP) is 1.44. The van der Waals surface area contributed by atoms with E-state index < -0.39 is 0 Å². The second kappa shape index (κ2) is 6.32. The number of amides is 1. The Kier molecular flexibility index (Phi) is 4.75. The van der Waals surface area contributed by atoms with Crippen molar-refractivity contribution in [2.45, 2.75) is 6.10 Å². The molecule has 0 bridgehead atoms. The Hall–Kier alpha value is -0.660. The van der Waals surface area contributed by atoms with Gasteiger partial charge >= 0.3 is 0 Å². The van der Waals surface area contributed by atoms with Crippen LogP contribution in [0.4, 0.5) is 0 Å². The zero-order valence-corrected chi connectivity index (χ0v) is 11.5. The molecule has 0 radical (unpaired) electrons. The average molecular weight is 347 g/mol. The standard InChI is InChI=1S/C12H14INO3/c13-10-3-1-2-9(6-10)12(15)14-7-11-8-16-4-5-17-11/h1-3,6,11H,4-5,7-8H2,(H,14,15). The SMILES string of the molecule is O=C(NCC1COCCO1)c1cccc(I)c1. The topological polar surface area (TPSA) is 47.6 Å². The van der Waals surface area contributed by atoms with Gasteiger partial charge in [-0.25, -0.2) is 0 Å². The molecule has 0 saturated carbocycles. The van der Waals surface area contributed by atoms with Crippen LogP contribution in [0, 0.1) is 3.57 Å². The molecule has 1 heterocycles. The van der Waals surface area contributed by atoms with E-state index >= 15 is 0 Å². The highest BCUT2D eigenvalue weighted by Crippen LogP contribution is 2.07. The molecule has 1 aromatic rings. The van der Waals surface area contributed by atoms with Gasteiger partial charge in [0.2, 0.25) is 0 Å². The summed E-state index contributed by atoms with van der Waals surface area (Å²) >= 11 is 2.19. The number of carbonyl (C=O) groups excluding carboxylic acids is 1. The molecule has 1 aromatic carbocycles. The minimum atomic E-state index is -0.0716.